The summed E-state index contributed by atoms with van der Waals surface area (Å²) < 4.78 is 27.1. The fourth-order valence-corrected chi connectivity index (χ4v) is 6.09. The quantitative estimate of drug-likeness (QED) is 0.200. The molecule has 2 aliphatic rings. The van der Waals surface area contributed by atoms with Crippen molar-refractivity contribution in [1.82, 2.24) is 20.1 Å². The van der Waals surface area contributed by atoms with Gasteiger partial charge < -0.3 is 29.6 Å². The summed E-state index contributed by atoms with van der Waals surface area (Å²) in [5, 5.41) is 18.1. The molecule has 11 heteroatoms. The molecule has 1 fully saturated rings. The first-order valence-corrected chi connectivity index (χ1v) is 14.3. The molecule has 218 valence electrons. The van der Waals surface area contributed by atoms with Crippen molar-refractivity contribution in [2.45, 2.75) is 6.04 Å². The predicted octanol–water partition coefficient (Wildman–Crippen LogP) is 3.58. The Labute approximate surface area is 247 Å². The van der Waals surface area contributed by atoms with Gasteiger partial charge in [0.25, 0.3) is 0 Å². The van der Waals surface area contributed by atoms with E-state index in [1.165, 1.54) is 40.2 Å². The molecule has 1 saturated heterocycles. The summed E-state index contributed by atoms with van der Waals surface area (Å²) in [5.74, 6) is -0.283. The number of hydrogen-bond donors (Lipinski definition) is 3. The van der Waals surface area contributed by atoms with Gasteiger partial charge in [-0.2, -0.15) is 0 Å². The SMILES string of the molecule is C=CC(=O)N1CCN/C(=C\C(=N)C2=C(c3ccc(F)cc3OCCOC)c3sccc3C(c3ccc(=O)n(C)c3)N2)C1. The maximum Gasteiger partial charge on any atom is 0.250 e. The Bertz CT molecular complexity index is 1660. The van der Waals surface area contributed by atoms with Crippen molar-refractivity contribution >= 4 is 28.5 Å². The van der Waals surface area contributed by atoms with Crippen molar-refractivity contribution in [3.8, 4) is 5.75 Å². The van der Waals surface area contributed by atoms with Gasteiger partial charge in [0.05, 0.1) is 30.6 Å². The van der Waals surface area contributed by atoms with E-state index in [1.807, 2.05) is 11.4 Å². The van der Waals surface area contributed by atoms with E-state index in [1.54, 1.807) is 43.5 Å². The first-order valence-electron chi connectivity index (χ1n) is 13.4. The molecule has 3 aromatic rings. The van der Waals surface area contributed by atoms with E-state index < -0.39 is 5.82 Å². The molecule has 0 spiro atoms. The van der Waals surface area contributed by atoms with Gasteiger partial charge in [-0.1, -0.05) is 6.58 Å². The fraction of sp³-hybridized carbons (Fsp3) is 0.258. The number of benzene rings is 1. The zero-order valence-electron chi connectivity index (χ0n) is 23.4. The number of ether oxygens (including phenoxy) is 2. The lowest BCUT2D eigenvalue weighted by Gasteiger charge is -2.32. The van der Waals surface area contributed by atoms with Gasteiger partial charge in [0.15, 0.2) is 0 Å². The number of piperazine rings is 1. The number of fused-ring (bicyclic) bond motifs is 1. The highest BCUT2D eigenvalue weighted by molar-refractivity contribution is 7.11. The first kappa shape index (κ1) is 29.0. The van der Waals surface area contributed by atoms with Crippen LogP contribution in [0.25, 0.3) is 5.57 Å². The average Bonchev–Trinajstić information content (AvgIpc) is 3.48. The molecule has 0 saturated carbocycles. The summed E-state index contributed by atoms with van der Waals surface area (Å²) >= 11 is 1.51. The Kier molecular flexibility index (Phi) is 8.69. The monoisotopic (exact) mass is 589 g/mol. The van der Waals surface area contributed by atoms with Crippen LogP contribution in [0.5, 0.6) is 5.75 Å². The van der Waals surface area contributed by atoms with Gasteiger partial charge in [0, 0.05) is 67.3 Å². The second-order valence-electron chi connectivity index (χ2n) is 9.90. The summed E-state index contributed by atoms with van der Waals surface area (Å²) in [6, 6.07) is 9.34. The summed E-state index contributed by atoms with van der Waals surface area (Å²) in [5.41, 5.74) is 4.40. The topological polar surface area (TPSA) is 109 Å². The number of nitrogens with one attached hydrogen (secondary N) is 3. The lowest BCUT2D eigenvalue weighted by molar-refractivity contribution is -0.126. The van der Waals surface area contributed by atoms with E-state index >= 15 is 0 Å². The molecule has 0 bridgehead atoms. The molecule has 42 heavy (non-hydrogen) atoms. The first-order chi connectivity index (χ1) is 20.3. The van der Waals surface area contributed by atoms with Crippen LogP contribution in [0.2, 0.25) is 0 Å². The third-order valence-corrected chi connectivity index (χ3v) is 8.09. The van der Waals surface area contributed by atoms with Gasteiger partial charge >= 0.3 is 0 Å². The minimum Gasteiger partial charge on any atom is -0.490 e. The Hall–Kier alpha value is -4.48. The number of thiophene rings is 1. The van der Waals surface area contributed by atoms with Crippen molar-refractivity contribution in [3.05, 3.63) is 116 Å². The highest BCUT2D eigenvalue weighted by Gasteiger charge is 2.32. The fourth-order valence-electron chi connectivity index (χ4n) is 5.09. The second kappa shape index (κ2) is 12.6. The normalized spacial score (nSPS) is 17.4. The van der Waals surface area contributed by atoms with Crippen LogP contribution < -0.4 is 20.9 Å². The summed E-state index contributed by atoms with van der Waals surface area (Å²) in [7, 11) is 3.27. The summed E-state index contributed by atoms with van der Waals surface area (Å²) in [6.07, 6.45) is 4.77. The van der Waals surface area contributed by atoms with Crippen LogP contribution in [0.3, 0.4) is 0 Å². The third-order valence-electron chi connectivity index (χ3n) is 7.14. The number of rotatable bonds is 9. The Balaban J connectivity index is 1.65. The Morgan fingerprint density at radius 1 is 1.26 bits per heavy atom. The smallest absolute Gasteiger partial charge is 0.250 e. The predicted molar refractivity (Wildman–Crippen MR) is 161 cm³/mol. The molecular weight excluding hydrogens is 557 g/mol. The lowest BCUT2D eigenvalue weighted by Crippen LogP contribution is -2.44. The summed E-state index contributed by atoms with van der Waals surface area (Å²) in [6.45, 7) is 5.53. The van der Waals surface area contributed by atoms with Crippen LogP contribution >= 0.6 is 11.3 Å². The number of methoxy groups -OCH3 is 1. The minimum absolute atomic E-state index is 0.125. The Morgan fingerprint density at radius 3 is 2.86 bits per heavy atom. The average molecular weight is 590 g/mol. The van der Waals surface area contributed by atoms with Gasteiger partial charge in [-0.25, -0.2) is 4.39 Å². The zero-order valence-corrected chi connectivity index (χ0v) is 24.2. The number of aryl methyl sites for hydroxylation is 1. The molecule has 5 rings (SSSR count). The molecule has 1 aromatic carbocycles. The number of carbonyl (C=O) groups excluding carboxylic acids is 1. The van der Waals surface area contributed by atoms with Crippen LogP contribution in [0.4, 0.5) is 4.39 Å². The minimum atomic E-state index is -0.442. The number of nitrogens with zero attached hydrogens (tertiary/aromatic N) is 2. The number of pyridine rings is 1. The maximum atomic E-state index is 14.4. The molecule has 4 heterocycles. The highest BCUT2D eigenvalue weighted by Crippen LogP contribution is 2.44. The highest BCUT2D eigenvalue weighted by atomic mass is 32.1. The van der Waals surface area contributed by atoms with E-state index in [0.717, 1.165) is 16.0 Å². The number of hydrogen-bond acceptors (Lipinski definition) is 8. The number of halogens is 1. The number of allylic oxidation sites excluding steroid dienone is 1. The van der Waals surface area contributed by atoms with Crippen molar-refractivity contribution in [2.24, 2.45) is 7.05 Å². The van der Waals surface area contributed by atoms with Crippen molar-refractivity contribution < 1.29 is 18.7 Å². The van der Waals surface area contributed by atoms with Crippen LogP contribution in [-0.2, 0) is 16.6 Å². The molecule has 1 unspecified atom stereocenters. The molecule has 2 aliphatic heterocycles. The number of carbonyl (C=O) groups is 1. The van der Waals surface area contributed by atoms with Crippen molar-refractivity contribution in [3.63, 3.8) is 0 Å². The molecule has 2 aromatic heterocycles. The van der Waals surface area contributed by atoms with E-state index in [-0.39, 0.29) is 29.8 Å². The summed E-state index contributed by atoms with van der Waals surface area (Å²) in [4.78, 5) is 27.0. The number of aromatic nitrogens is 1. The van der Waals surface area contributed by atoms with E-state index in [4.69, 9.17) is 9.47 Å². The maximum absolute atomic E-state index is 14.4. The van der Waals surface area contributed by atoms with Crippen molar-refractivity contribution in [2.75, 3.05) is 40.0 Å². The van der Waals surface area contributed by atoms with E-state index in [0.29, 0.717) is 54.5 Å². The molecule has 1 atom stereocenters. The third kappa shape index (κ3) is 5.93. The largest absolute Gasteiger partial charge is 0.490 e. The number of amides is 1. The van der Waals surface area contributed by atoms with Gasteiger partial charge in [-0.3, -0.25) is 15.0 Å². The molecular formula is C31H32FN5O4S. The van der Waals surface area contributed by atoms with Crippen LogP contribution in [-0.4, -0.2) is 61.0 Å². The molecule has 0 aliphatic carbocycles. The molecule has 9 nitrogen and oxygen atoms in total. The second-order valence-corrected chi connectivity index (χ2v) is 10.8. The van der Waals surface area contributed by atoms with Gasteiger partial charge in [0.2, 0.25) is 11.5 Å². The van der Waals surface area contributed by atoms with Gasteiger partial charge in [-0.05, 0) is 52.9 Å². The lowest BCUT2D eigenvalue weighted by atomic mass is 9.88. The Morgan fingerprint density at radius 2 is 2.10 bits per heavy atom. The van der Waals surface area contributed by atoms with E-state index in [2.05, 4.69) is 17.2 Å². The van der Waals surface area contributed by atoms with Crippen LogP contribution in [0.1, 0.15) is 27.6 Å². The zero-order chi connectivity index (χ0) is 29.8. The van der Waals surface area contributed by atoms with Crippen molar-refractivity contribution in [1.29, 1.82) is 5.41 Å². The van der Waals surface area contributed by atoms with Crippen LogP contribution in [0.15, 0.2) is 82.9 Å². The van der Waals surface area contributed by atoms with Crippen LogP contribution in [0, 0.1) is 11.2 Å². The standard InChI is InChI=1S/C31H32FN5O4S/c1-4-26(38)37-11-10-34-21(18-37)16-24(33)30-28(22-7-6-20(32)15-25(22)41-13-12-40-3)31-23(9-14-42-31)29(35-30)19-5-8-27(39)36(2)17-19/h4-9,14-17,29,33-35H,1,10-13,18H2,2-3H3/b21-16-,33-24?. The van der Waals surface area contributed by atoms with Gasteiger partial charge in [0.1, 0.15) is 18.2 Å². The van der Waals surface area contributed by atoms with E-state index in [9.17, 15) is 19.4 Å². The molecule has 1 amide bonds. The molecule has 3 N–H and O–H groups in total. The van der Waals surface area contributed by atoms with Gasteiger partial charge in [-0.15, -0.1) is 11.3 Å². The molecule has 0 radical (unpaired) electrons.